The Balaban J connectivity index is 4.46. The molecule has 0 radical (unpaired) electrons. The van der Waals surface area contributed by atoms with Crippen LogP contribution >= 0.6 is 0 Å². The first-order chi connectivity index (χ1) is 8.21. The largest absolute Gasteiger partial charge is 0.468 e. The first-order valence-corrected chi connectivity index (χ1v) is 6.04. The Kier molecular flexibility index (Phi) is 7.32. The zero-order valence-corrected chi connectivity index (χ0v) is 11.8. The van der Waals surface area contributed by atoms with Crippen LogP contribution in [0.4, 0.5) is 8.78 Å². The molecule has 6 heteroatoms. The number of nitrogens with zero attached hydrogens (tertiary/aromatic N) is 1. The summed E-state index contributed by atoms with van der Waals surface area (Å²) in [4.78, 5) is 13.3. The molecule has 0 aliphatic heterocycles. The summed E-state index contributed by atoms with van der Waals surface area (Å²) in [5, 5.41) is 3.13. The van der Waals surface area contributed by atoms with Gasteiger partial charge in [-0.25, -0.2) is 8.78 Å². The SMILES string of the molecule is COC(=O)C(C)(CCN(C)CC(F)F)NC(C)C. The molecule has 0 heterocycles. The summed E-state index contributed by atoms with van der Waals surface area (Å²) in [6.45, 7) is 5.68. The van der Waals surface area contributed by atoms with E-state index in [0.29, 0.717) is 13.0 Å². The Morgan fingerprint density at radius 1 is 1.44 bits per heavy atom. The van der Waals surface area contributed by atoms with E-state index in [9.17, 15) is 13.6 Å². The molecule has 1 unspecified atom stereocenters. The van der Waals surface area contributed by atoms with Crippen molar-refractivity contribution >= 4 is 5.97 Å². The van der Waals surface area contributed by atoms with Crippen LogP contribution in [0.25, 0.3) is 0 Å². The van der Waals surface area contributed by atoms with Gasteiger partial charge in [-0.2, -0.15) is 0 Å². The molecule has 0 fully saturated rings. The Labute approximate surface area is 108 Å². The van der Waals surface area contributed by atoms with Crippen LogP contribution in [0, 0.1) is 0 Å². The van der Waals surface area contributed by atoms with Crippen molar-refractivity contribution in [2.45, 2.75) is 45.2 Å². The normalized spacial score (nSPS) is 15.2. The zero-order valence-electron chi connectivity index (χ0n) is 11.8. The van der Waals surface area contributed by atoms with Gasteiger partial charge in [-0.1, -0.05) is 0 Å². The summed E-state index contributed by atoms with van der Waals surface area (Å²) in [6.07, 6.45) is -1.95. The number of nitrogens with one attached hydrogen (secondary N) is 1. The molecule has 0 aliphatic carbocycles. The molecule has 1 N–H and O–H groups in total. The van der Waals surface area contributed by atoms with Gasteiger partial charge in [-0.15, -0.1) is 0 Å². The van der Waals surface area contributed by atoms with Gasteiger partial charge in [0, 0.05) is 12.6 Å². The monoisotopic (exact) mass is 266 g/mol. The van der Waals surface area contributed by atoms with E-state index in [1.165, 1.54) is 12.0 Å². The molecule has 0 aromatic rings. The van der Waals surface area contributed by atoms with Crippen molar-refractivity contribution in [2.24, 2.45) is 0 Å². The Morgan fingerprint density at radius 2 is 2.00 bits per heavy atom. The number of hydrogen-bond donors (Lipinski definition) is 1. The summed E-state index contributed by atoms with van der Waals surface area (Å²) in [6, 6.07) is 0.106. The summed E-state index contributed by atoms with van der Waals surface area (Å²) in [5.41, 5.74) is -0.848. The fourth-order valence-electron chi connectivity index (χ4n) is 1.84. The number of rotatable bonds is 8. The first kappa shape index (κ1) is 17.2. The van der Waals surface area contributed by atoms with Gasteiger partial charge in [0.2, 0.25) is 0 Å². The van der Waals surface area contributed by atoms with Gasteiger partial charge in [-0.05, 0) is 34.2 Å². The smallest absolute Gasteiger partial charge is 0.325 e. The van der Waals surface area contributed by atoms with Crippen molar-refractivity contribution in [3.63, 3.8) is 0 Å². The van der Waals surface area contributed by atoms with E-state index >= 15 is 0 Å². The number of carbonyl (C=O) groups excluding carboxylic acids is 1. The van der Waals surface area contributed by atoms with Gasteiger partial charge >= 0.3 is 5.97 Å². The van der Waals surface area contributed by atoms with Crippen LogP contribution < -0.4 is 5.32 Å². The van der Waals surface area contributed by atoms with Gasteiger partial charge in [-0.3, -0.25) is 10.1 Å². The predicted octanol–water partition coefficient (Wildman–Crippen LogP) is 1.50. The number of halogens is 2. The molecule has 1 atom stereocenters. The number of methoxy groups -OCH3 is 1. The van der Waals surface area contributed by atoms with Crippen molar-refractivity contribution in [3.05, 3.63) is 0 Å². The van der Waals surface area contributed by atoms with Crippen LogP contribution in [0.5, 0.6) is 0 Å². The van der Waals surface area contributed by atoms with E-state index in [0.717, 1.165) is 0 Å². The second-order valence-electron chi connectivity index (χ2n) is 5.03. The van der Waals surface area contributed by atoms with Crippen molar-refractivity contribution in [1.82, 2.24) is 10.2 Å². The maximum Gasteiger partial charge on any atom is 0.325 e. The van der Waals surface area contributed by atoms with E-state index in [1.807, 2.05) is 13.8 Å². The molecule has 0 aromatic carbocycles. The lowest BCUT2D eigenvalue weighted by Gasteiger charge is -2.31. The number of hydrogen-bond acceptors (Lipinski definition) is 4. The highest BCUT2D eigenvalue weighted by Gasteiger charge is 2.34. The van der Waals surface area contributed by atoms with E-state index in [4.69, 9.17) is 4.74 Å². The quantitative estimate of drug-likeness (QED) is 0.676. The maximum atomic E-state index is 12.2. The molecule has 0 saturated carbocycles. The van der Waals surface area contributed by atoms with Crippen LogP contribution in [-0.2, 0) is 9.53 Å². The topological polar surface area (TPSA) is 41.6 Å². The first-order valence-electron chi connectivity index (χ1n) is 6.04. The van der Waals surface area contributed by atoms with Crippen LogP contribution in [0.3, 0.4) is 0 Å². The molecule has 0 aliphatic rings. The molecule has 0 saturated heterocycles. The highest BCUT2D eigenvalue weighted by Crippen LogP contribution is 2.14. The molecule has 18 heavy (non-hydrogen) atoms. The number of carbonyl (C=O) groups is 1. The van der Waals surface area contributed by atoms with Crippen molar-refractivity contribution < 1.29 is 18.3 Å². The Bertz CT molecular complexity index is 262. The van der Waals surface area contributed by atoms with Crippen molar-refractivity contribution in [2.75, 3.05) is 27.2 Å². The summed E-state index contributed by atoms with van der Waals surface area (Å²) >= 11 is 0. The fraction of sp³-hybridized carbons (Fsp3) is 0.917. The highest BCUT2D eigenvalue weighted by molar-refractivity contribution is 5.80. The minimum absolute atomic E-state index is 0.106. The third-order valence-electron chi connectivity index (χ3n) is 2.69. The van der Waals surface area contributed by atoms with E-state index < -0.39 is 12.0 Å². The molecule has 0 spiro atoms. The predicted molar refractivity (Wildman–Crippen MR) is 66.8 cm³/mol. The van der Waals surface area contributed by atoms with Gasteiger partial charge in [0.25, 0.3) is 6.43 Å². The van der Waals surface area contributed by atoms with Gasteiger partial charge < -0.3 is 9.64 Å². The number of esters is 1. The van der Waals surface area contributed by atoms with Crippen LogP contribution in [-0.4, -0.2) is 56.1 Å². The number of alkyl halides is 2. The minimum Gasteiger partial charge on any atom is -0.468 e. The van der Waals surface area contributed by atoms with Crippen molar-refractivity contribution in [3.8, 4) is 0 Å². The summed E-state index contributed by atoms with van der Waals surface area (Å²) in [5.74, 6) is -0.373. The lowest BCUT2D eigenvalue weighted by Crippen LogP contribution is -2.54. The lowest BCUT2D eigenvalue weighted by molar-refractivity contribution is -0.148. The molecular weight excluding hydrogens is 242 g/mol. The van der Waals surface area contributed by atoms with Gasteiger partial charge in [0.05, 0.1) is 13.7 Å². The van der Waals surface area contributed by atoms with Gasteiger partial charge in [0.15, 0.2) is 0 Å². The third-order valence-corrected chi connectivity index (χ3v) is 2.69. The molecule has 0 rings (SSSR count). The van der Waals surface area contributed by atoms with Crippen molar-refractivity contribution in [1.29, 1.82) is 0 Å². The fourth-order valence-corrected chi connectivity index (χ4v) is 1.84. The second kappa shape index (κ2) is 7.63. The van der Waals surface area contributed by atoms with E-state index in [2.05, 4.69) is 5.32 Å². The molecule has 108 valence electrons. The van der Waals surface area contributed by atoms with Crippen LogP contribution in [0.2, 0.25) is 0 Å². The molecule has 0 amide bonds. The van der Waals surface area contributed by atoms with Crippen LogP contribution in [0.1, 0.15) is 27.2 Å². The zero-order chi connectivity index (χ0) is 14.3. The van der Waals surface area contributed by atoms with E-state index in [1.54, 1.807) is 14.0 Å². The molecule has 0 bridgehead atoms. The maximum absolute atomic E-state index is 12.2. The highest BCUT2D eigenvalue weighted by atomic mass is 19.3. The minimum atomic E-state index is -2.36. The summed E-state index contributed by atoms with van der Waals surface area (Å²) < 4.78 is 29.1. The molecular formula is C12H24F2N2O2. The standard InChI is InChI=1S/C12H24F2N2O2/c1-9(2)15-12(3,11(17)18-5)6-7-16(4)8-10(13)14/h9-10,15H,6-8H2,1-5H3. The summed E-state index contributed by atoms with van der Waals surface area (Å²) in [7, 11) is 2.94. The average Bonchev–Trinajstić information content (AvgIpc) is 2.23. The lowest BCUT2D eigenvalue weighted by atomic mass is 9.96. The Morgan fingerprint density at radius 3 is 2.39 bits per heavy atom. The molecule has 4 nitrogen and oxygen atoms in total. The average molecular weight is 266 g/mol. The number of ether oxygens (including phenoxy) is 1. The van der Waals surface area contributed by atoms with Crippen LogP contribution in [0.15, 0.2) is 0 Å². The molecule has 0 aromatic heterocycles. The van der Waals surface area contributed by atoms with E-state index in [-0.39, 0.29) is 18.6 Å². The second-order valence-corrected chi connectivity index (χ2v) is 5.03. The Hall–Kier alpha value is -0.750. The van der Waals surface area contributed by atoms with Gasteiger partial charge in [0.1, 0.15) is 5.54 Å². The third kappa shape index (κ3) is 6.26.